The molecule has 3 atom stereocenters. The van der Waals surface area contributed by atoms with Crippen LogP contribution in [0.5, 0.6) is 0 Å². The zero-order valence-electron chi connectivity index (χ0n) is 10.1. The lowest BCUT2D eigenvalue weighted by Gasteiger charge is -2.38. The Morgan fingerprint density at radius 3 is 2.57 bits per heavy atom. The van der Waals surface area contributed by atoms with Crippen LogP contribution >= 0.6 is 0 Å². The zero-order valence-corrected chi connectivity index (χ0v) is 10.1. The first kappa shape index (κ1) is 9.21. The van der Waals surface area contributed by atoms with E-state index in [9.17, 15) is 0 Å². The molecule has 0 aromatic carbocycles. The van der Waals surface area contributed by atoms with Crippen LogP contribution < -0.4 is 0 Å². The lowest BCUT2D eigenvalue weighted by Crippen LogP contribution is -2.36. The maximum absolute atomic E-state index is 2.58. The molecule has 0 aromatic rings. The minimum Gasteiger partial charge on any atom is -0.306 e. The number of likely N-dealkylation sites (tertiary alicyclic amines) is 1. The molecule has 2 saturated carbocycles. The third-order valence-electron chi connectivity index (χ3n) is 5.47. The molecule has 2 aliphatic carbocycles. The molecule has 3 unspecified atom stereocenters. The highest BCUT2D eigenvalue weighted by atomic mass is 15.1. The lowest BCUT2D eigenvalue weighted by molar-refractivity contribution is 0.110. The average molecular weight is 193 g/mol. The van der Waals surface area contributed by atoms with E-state index < -0.39 is 0 Å². The van der Waals surface area contributed by atoms with Crippen LogP contribution in [0.1, 0.15) is 40.0 Å². The van der Waals surface area contributed by atoms with E-state index in [4.69, 9.17) is 0 Å². The molecule has 3 fully saturated rings. The Morgan fingerprint density at radius 1 is 1.21 bits per heavy atom. The molecule has 3 aliphatic rings. The molecule has 1 saturated heterocycles. The Balaban J connectivity index is 1.84. The van der Waals surface area contributed by atoms with Gasteiger partial charge in [0.2, 0.25) is 0 Å². The van der Waals surface area contributed by atoms with Gasteiger partial charge in [-0.1, -0.05) is 20.8 Å². The second-order valence-electron chi connectivity index (χ2n) is 7.16. The molecule has 0 N–H and O–H groups in total. The van der Waals surface area contributed by atoms with Gasteiger partial charge >= 0.3 is 0 Å². The van der Waals surface area contributed by atoms with Gasteiger partial charge in [0.1, 0.15) is 0 Å². The molecular weight excluding hydrogens is 170 g/mol. The number of rotatable bonds is 0. The van der Waals surface area contributed by atoms with Gasteiger partial charge in [-0.25, -0.2) is 0 Å². The molecule has 1 heteroatoms. The van der Waals surface area contributed by atoms with Crippen LogP contribution in [0.15, 0.2) is 0 Å². The minimum atomic E-state index is 0.573. The van der Waals surface area contributed by atoms with Gasteiger partial charge in [-0.2, -0.15) is 0 Å². The van der Waals surface area contributed by atoms with Crippen molar-refractivity contribution in [3.63, 3.8) is 0 Å². The predicted molar refractivity (Wildman–Crippen MR) is 59.2 cm³/mol. The zero-order chi connectivity index (χ0) is 10.2. The third-order valence-corrected chi connectivity index (χ3v) is 5.47. The summed E-state index contributed by atoms with van der Waals surface area (Å²) in [7, 11) is 2.31. The van der Waals surface area contributed by atoms with Crippen LogP contribution in [0.2, 0.25) is 0 Å². The van der Waals surface area contributed by atoms with Gasteiger partial charge in [0.25, 0.3) is 0 Å². The van der Waals surface area contributed by atoms with Crippen molar-refractivity contribution in [2.75, 3.05) is 20.1 Å². The third kappa shape index (κ3) is 0.946. The SMILES string of the molecule is CN1CCC(C)(C)CC2(C)C3CC32C1. The second kappa shape index (κ2) is 2.21. The standard InChI is InChI=1S/C13H23N/c1-11(2)5-6-14(4)9-13-7-10(13)12(13,3)8-11/h10H,5-9H2,1-4H3. The molecule has 14 heavy (non-hydrogen) atoms. The average Bonchev–Trinajstić information content (AvgIpc) is 2.87. The fourth-order valence-corrected chi connectivity index (χ4v) is 4.38. The van der Waals surface area contributed by atoms with Crippen LogP contribution in [-0.4, -0.2) is 25.0 Å². The first-order valence-corrected chi connectivity index (χ1v) is 6.08. The van der Waals surface area contributed by atoms with Crippen LogP contribution in [0.25, 0.3) is 0 Å². The number of hydrogen-bond acceptors (Lipinski definition) is 1. The summed E-state index contributed by atoms with van der Waals surface area (Å²) in [5, 5.41) is 0. The lowest BCUT2D eigenvalue weighted by atomic mass is 9.72. The summed E-state index contributed by atoms with van der Waals surface area (Å²) in [5.74, 6) is 1.09. The summed E-state index contributed by atoms with van der Waals surface area (Å²) < 4.78 is 0. The highest BCUT2D eigenvalue weighted by molar-refractivity contribution is 5.34. The van der Waals surface area contributed by atoms with Gasteiger partial charge in [-0.15, -0.1) is 0 Å². The topological polar surface area (TPSA) is 3.24 Å². The molecule has 0 amide bonds. The Hall–Kier alpha value is -0.0400. The van der Waals surface area contributed by atoms with E-state index in [2.05, 4.69) is 32.7 Å². The van der Waals surface area contributed by atoms with Crippen LogP contribution in [0, 0.1) is 22.2 Å². The Kier molecular flexibility index (Phi) is 1.45. The monoisotopic (exact) mass is 193 g/mol. The molecule has 0 radical (unpaired) electrons. The smallest absolute Gasteiger partial charge is 0.00432 e. The van der Waals surface area contributed by atoms with E-state index in [0.717, 1.165) is 16.7 Å². The van der Waals surface area contributed by atoms with E-state index in [1.54, 1.807) is 0 Å². The molecule has 1 nitrogen and oxygen atoms in total. The summed E-state index contributed by atoms with van der Waals surface area (Å²) in [6.45, 7) is 10.1. The number of fused-ring (bicyclic) bond motifs is 1. The van der Waals surface area contributed by atoms with Gasteiger partial charge in [-0.3, -0.25) is 0 Å². The minimum absolute atomic E-state index is 0.573. The Labute approximate surface area is 87.9 Å². The molecular formula is C13H23N. The van der Waals surface area contributed by atoms with Gasteiger partial charge in [0.05, 0.1) is 0 Å². The van der Waals surface area contributed by atoms with E-state index in [1.807, 2.05) is 0 Å². The van der Waals surface area contributed by atoms with Crippen molar-refractivity contribution in [3.05, 3.63) is 0 Å². The summed E-state index contributed by atoms with van der Waals surface area (Å²) in [6, 6.07) is 0. The van der Waals surface area contributed by atoms with E-state index in [0.29, 0.717) is 5.41 Å². The van der Waals surface area contributed by atoms with Crippen molar-refractivity contribution in [1.29, 1.82) is 0 Å². The van der Waals surface area contributed by atoms with Crippen LogP contribution in [-0.2, 0) is 0 Å². The van der Waals surface area contributed by atoms with Gasteiger partial charge in [0.15, 0.2) is 0 Å². The van der Waals surface area contributed by atoms with Crippen molar-refractivity contribution in [1.82, 2.24) is 4.90 Å². The first-order chi connectivity index (χ1) is 6.40. The molecule has 1 heterocycles. The maximum atomic E-state index is 2.58. The normalized spacial score (nSPS) is 55.3. The van der Waals surface area contributed by atoms with E-state index in [-0.39, 0.29) is 0 Å². The molecule has 80 valence electrons. The van der Waals surface area contributed by atoms with Crippen molar-refractivity contribution in [3.8, 4) is 0 Å². The fraction of sp³-hybridized carbons (Fsp3) is 1.00. The van der Waals surface area contributed by atoms with Gasteiger partial charge < -0.3 is 4.90 Å². The fourth-order valence-electron chi connectivity index (χ4n) is 4.38. The van der Waals surface area contributed by atoms with Crippen molar-refractivity contribution >= 4 is 0 Å². The van der Waals surface area contributed by atoms with Crippen LogP contribution in [0.4, 0.5) is 0 Å². The Bertz CT molecular complexity index is 283. The van der Waals surface area contributed by atoms with Gasteiger partial charge in [0, 0.05) is 6.54 Å². The molecule has 1 aliphatic heterocycles. The van der Waals surface area contributed by atoms with E-state index in [1.165, 1.54) is 32.4 Å². The molecule has 0 bridgehead atoms. The summed E-state index contributed by atoms with van der Waals surface area (Å²) in [4.78, 5) is 2.58. The largest absolute Gasteiger partial charge is 0.306 e. The summed E-state index contributed by atoms with van der Waals surface area (Å²) >= 11 is 0. The summed E-state index contributed by atoms with van der Waals surface area (Å²) in [6.07, 6.45) is 4.38. The maximum Gasteiger partial charge on any atom is 0.00432 e. The van der Waals surface area contributed by atoms with Crippen molar-refractivity contribution < 1.29 is 0 Å². The van der Waals surface area contributed by atoms with Crippen LogP contribution in [0.3, 0.4) is 0 Å². The molecule has 1 spiro atoms. The molecule has 3 rings (SSSR count). The van der Waals surface area contributed by atoms with Gasteiger partial charge in [-0.05, 0) is 55.0 Å². The number of nitrogens with zero attached hydrogens (tertiary/aromatic N) is 1. The summed E-state index contributed by atoms with van der Waals surface area (Å²) in [5.41, 5.74) is 2.08. The quantitative estimate of drug-likeness (QED) is 0.572. The molecule has 0 aromatic heterocycles. The predicted octanol–water partition coefficient (Wildman–Crippen LogP) is 2.76. The Morgan fingerprint density at radius 2 is 1.93 bits per heavy atom. The first-order valence-electron chi connectivity index (χ1n) is 6.08. The highest BCUT2D eigenvalue weighted by Crippen LogP contribution is 2.90. The number of hydrogen-bond donors (Lipinski definition) is 0. The highest BCUT2D eigenvalue weighted by Gasteiger charge is 2.86. The van der Waals surface area contributed by atoms with Crippen molar-refractivity contribution in [2.45, 2.75) is 40.0 Å². The van der Waals surface area contributed by atoms with E-state index >= 15 is 0 Å². The van der Waals surface area contributed by atoms with Crippen molar-refractivity contribution in [2.24, 2.45) is 22.2 Å². The second-order valence-corrected chi connectivity index (χ2v) is 7.16.